The summed E-state index contributed by atoms with van der Waals surface area (Å²) in [4.78, 5) is 14.8. The molecular formula is C17H31N3O. The summed E-state index contributed by atoms with van der Waals surface area (Å²) in [6.45, 7) is 5.13. The minimum absolute atomic E-state index is 0.249. The Morgan fingerprint density at radius 1 is 1.14 bits per heavy atom. The molecule has 4 nitrogen and oxygen atoms in total. The zero-order chi connectivity index (χ0) is 14.7. The normalized spacial score (nSPS) is 33.3. The van der Waals surface area contributed by atoms with Crippen molar-refractivity contribution in [2.75, 3.05) is 19.6 Å². The van der Waals surface area contributed by atoms with Crippen molar-refractivity contribution in [2.45, 2.75) is 76.4 Å². The lowest BCUT2D eigenvalue weighted by Crippen LogP contribution is -2.47. The molecule has 0 aromatic rings. The maximum atomic E-state index is 12.3. The van der Waals surface area contributed by atoms with Crippen molar-refractivity contribution in [3.05, 3.63) is 0 Å². The van der Waals surface area contributed by atoms with Crippen molar-refractivity contribution < 1.29 is 4.79 Å². The van der Waals surface area contributed by atoms with Crippen LogP contribution in [0.2, 0.25) is 0 Å². The third kappa shape index (κ3) is 4.68. The summed E-state index contributed by atoms with van der Waals surface area (Å²) in [6, 6.07) is 1.71. The smallest absolute Gasteiger partial charge is 0.234 e. The first-order chi connectivity index (χ1) is 10.2. The number of rotatable bonds is 6. The minimum Gasteiger partial charge on any atom is -0.352 e. The second-order valence-electron chi connectivity index (χ2n) is 7.48. The highest BCUT2D eigenvalue weighted by atomic mass is 16.2. The van der Waals surface area contributed by atoms with E-state index in [9.17, 15) is 4.79 Å². The van der Waals surface area contributed by atoms with Gasteiger partial charge < -0.3 is 10.6 Å². The molecule has 1 heterocycles. The van der Waals surface area contributed by atoms with Crippen LogP contribution in [0, 0.1) is 5.92 Å². The van der Waals surface area contributed by atoms with E-state index in [1.807, 2.05) is 0 Å². The van der Waals surface area contributed by atoms with Crippen molar-refractivity contribution in [1.29, 1.82) is 0 Å². The van der Waals surface area contributed by atoms with E-state index >= 15 is 0 Å². The van der Waals surface area contributed by atoms with Crippen LogP contribution >= 0.6 is 0 Å². The van der Waals surface area contributed by atoms with Crippen molar-refractivity contribution in [3.63, 3.8) is 0 Å². The Morgan fingerprint density at radius 3 is 2.52 bits per heavy atom. The first-order valence-corrected chi connectivity index (χ1v) is 8.97. The second-order valence-corrected chi connectivity index (χ2v) is 7.48. The van der Waals surface area contributed by atoms with Crippen molar-refractivity contribution in [2.24, 2.45) is 5.92 Å². The minimum atomic E-state index is 0.249. The average Bonchev–Trinajstić information content (AvgIpc) is 3.19. The number of hydrogen-bond acceptors (Lipinski definition) is 3. The van der Waals surface area contributed by atoms with Gasteiger partial charge in [-0.25, -0.2) is 0 Å². The van der Waals surface area contributed by atoms with E-state index in [0.717, 1.165) is 19.0 Å². The third-order valence-electron chi connectivity index (χ3n) is 5.41. The van der Waals surface area contributed by atoms with Crippen LogP contribution in [0.3, 0.4) is 0 Å². The Labute approximate surface area is 129 Å². The van der Waals surface area contributed by atoms with Gasteiger partial charge in [-0.2, -0.15) is 0 Å². The van der Waals surface area contributed by atoms with E-state index in [1.165, 1.54) is 51.4 Å². The largest absolute Gasteiger partial charge is 0.352 e. The molecular weight excluding hydrogens is 262 g/mol. The molecule has 1 saturated heterocycles. The zero-order valence-corrected chi connectivity index (χ0v) is 13.4. The molecule has 3 rings (SSSR count). The van der Waals surface area contributed by atoms with Gasteiger partial charge in [-0.3, -0.25) is 9.69 Å². The molecule has 1 unspecified atom stereocenters. The van der Waals surface area contributed by atoms with Crippen LogP contribution in [0.25, 0.3) is 0 Å². The number of hydrogen-bond donors (Lipinski definition) is 2. The molecule has 3 aliphatic rings. The second kappa shape index (κ2) is 7.10. The molecule has 1 atom stereocenters. The molecule has 3 fully saturated rings. The highest BCUT2D eigenvalue weighted by Crippen LogP contribution is 2.28. The van der Waals surface area contributed by atoms with Crippen LogP contribution in [0.4, 0.5) is 0 Å². The molecule has 120 valence electrons. The van der Waals surface area contributed by atoms with Gasteiger partial charge >= 0.3 is 0 Å². The van der Waals surface area contributed by atoms with E-state index in [1.54, 1.807) is 0 Å². The lowest BCUT2D eigenvalue weighted by Gasteiger charge is -2.29. The zero-order valence-electron chi connectivity index (χ0n) is 13.4. The first kappa shape index (κ1) is 15.3. The Morgan fingerprint density at radius 2 is 1.90 bits per heavy atom. The summed E-state index contributed by atoms with van der Waals surface area (Å²) in [5, 5.41) is 6.83. The van der Waals surface area contributed by atoms with Crippen LogP contribution in [-0.2, 0) is 4.79 Å². The van der Waals surface area contributed by atoms with E-state index in [0.29, 0.717) is 24.7 Å². The molecule has 0 aromatic carbocycles. The van der Waals surface area contributed by atoms with E-state index in [2.05, 4.69) is 22.5 Å². The van der Waals surface area contributed by atoms with Crippen LogP contribution < -0.4 is 10.6 Å². The van der Waals surface area contributed by atoms with Gasteiger partial charge in [0.2, 0.25) is 5.91 Å². The number of carbonyl (C=O) groups is 1. The Hall–Kier alpha value is -0.610. The molecule has 1 amide bonds. The predicted molar refractivity (Wildman–Crippen MR) is 85.2 cm³/mol. The van der Waals surface area contributed by atoms with E-state index < -0.39 is 0 Å². The number of carbonyl (C=O) groups excluding carboxylic acids is 1. The summed E-state index contributed by atoms with van der Waals surface area (Å²) < 4.78 is 0. The summed E-state index contributed by atoms with van der Waals surface area (Å²) in [5.74, 6) is 1.09. The fourth-order valence-corrected chi connectivity index (χ4v) is 3.84. The lowest BCUT2D eigenvalue weighted by molar-refractivity contribution is -0.123. The molecule has 0 radical (unpaired) electrons. The average molecular weight is 293 g/mol. The van der Waals surface area contributed by atoms with Crippen molar-refractivity contribution in [3.8, 4) is 0 Å². The fraction of sp³-hybridized carbons (Fsp3) is 0.941. The summed E-state index contributed by atoms with van der Waals surface area (Å²) in [7, 11) is 0. The molecule has 0 aromatic heterocycles. The predicted octanol–water partition coefficient (Wildman–Crippen LogP) is 1.90. The van der Waals surface area contributed by atoms with Gasteiger partial charge in [0.1, 0.15) is 0 Å². The van der Waals surface area contributed by atoms with Gasteiger partial charge in [-0.1, -0.05) is 6.92 Å². The van der Waals surface area contributed by atoms with Crippen molar-refractivity contribution >= 4 is 5.91 Å². The third-order valence-corrected chi connectivity index (χ3v) is 5.41. The maximum Gasteiger partial charge on any atom is 0.234 e. The standard InChI is InChI=1S/C17H31N3O/c1-13-4-6-14(7-5-13)19-17(21)12-20(16-8-9-16)11-15-3-2-10-18-15/h13-16,18H,2-12H2,1H3,(H,19,21). The van der Waals surface area contributed by atoms with Crippen LogP contribution in [0.1, 0.15) is 58.3 Å². The quantitative estimate of drug-likeness (QED) is 0.786. The fourth-order valence-electron chi connectivity index (χ4n) is 3.84. The molecule has 4 heteroatoms. The van der Waals surface area contributed by atoms with E-state index in [4.69, 9.17) is 0 Å². The maximum absolute atomic E-state index is 12.3. The Balaban J connectivity index is 1.42. The lowest BCUT2D eigenvalue weighted by atomic mass is 9.87. The first-order valence-electron chi connectivity index (χ1n) is 8.97. The van der Waals surface area contributed by atoms with Crippen molar-refractivity contribution in [1.82, 2.24) is 15.5 Å². The van der Waals surface area contributed by atoms with E-state index in [-0.39, 0.29) is 5.91 Å². The van der Waals surface area contributed by atoms with Gasteiger partial charge in [-0.05, 0) is 63.8 Å². The number of nitrogens with one attached hydrogen (secondary N) is 2. The monoisotopic (exact) mass is 293 g/mol. The molecule has 1 aliphatic heterocycles. The molecule has 0 spiro atoms. The van der Waals surface area contributed by atoms with Crippen LogP contribution in [0.5, 0.6) is 0 Å². The number of amides is 1. The summed E-state index contributed by atoms with van der Waals surface area (Å²) >= 11 is 0. The molecule has 2 saturated carbocycles. The van der Waals surface area contributed by atoms with Crippen LogP contribution in [0.15, 0.2) is 0 Å². The van der Waals surface area contributed by atoms with Crippen LogP contribution in [-0.4, -0.2) is 48.6 Å². The highest BCUT2D eigenvalue weighted by Gasteiger charge is 2.32. The molecule has 0 bridgehead atoms. The van der Waals surface area contributed by atoms with Gasteiger partial charge in [0.25, 0.3) is 0 Å². The number of nitrogens with zero attached hydrogens (tertiary/aromatic N) is 1. The molecule has 2 aliphatic carbocycles. The molecule has 2 N–H and O–H groups in total. The van der Waals surface area contributed by atoms with Gasteiger partial charge in [0, 0.05) is 24.7 Å². The highest BCUT2D eigenvalue weighted by molar-refractivity contribution is 5.78. The Kier molecular flexibility index (Phi) is 5.17. The topological polar surface area (TPSA) is 44.4 Å². The SMILES string of the molecule is CC1CCC(NC(=O)CN(CC2CCCN2)C2CC2)CC1. The summed E-state index contributed by atoms with van der Waals surface area (Å²) in [6.07, 6.45) is 9.98. The van der Waals surface area contributed by atoms with Gasteiger partial charge in [-0.15, -0.1) is 0 Å². The molecule has 21 heavy (non-hydrogen) atoms. The van der Waals surface area contributed by atoms with Gasteiger partial charge in [0.15, 0.2) is 0 Å². The Bertz CT molecular complexity index is 342. The summed E-state index contributed by atoms with van der Waals surface area (Å²) in [5.41, 5.74) is 0. The van der Waals surface area contributed by atoms with Gasteiger partial charge in [0.05, 0.1) is 6.54 Å².